The maximum atomic E-state index is 11.4. The summed E-state index contributed by atoms with van der Waals surface area (Å²) >= 11 is 0. The molecule has 0 heterocycles. The number of aliphatic hydroxyl groups is 1. The Morgan fingerprint density at radius 3 is 2.73 bits per heavy atom. The van der Waals surface area contributed by atoms with Crippen LogP contribution in [-0.4, -0.2) is 36.5 Å². The number of ether oxygens (including phenoxy) is 2. The molecule has 1 N–H and O–H groups in total. The van der Waals surface area contributed by atoms with Crippen LogP contribution in [0.5, 0.6) is 0 Å². The molecule has 86 valence electrons. The predicted octanol–water partition coefficient (Wildman–Crippen LogP) is 1.06. The van der Waals surface area contributed by atoms with Crippen molar-refractivity contribution in [2.75, 3.05) is 13.2 Å². The van der Waals surface area contributed by atoms with Gasteiger partial charge < -0.3 is 14.6 Å². The van der Waals surface area contributed by atoms with Gasteiger partial charge in [0.15, 0.2) is 6.10 Å². The highest BCUT2D eigenvalue weighted by Gasteiger charge is 2.26. The molecule has 0 bridgehead atoms. The number of hydrogen-bond donors (Lipinski definition) is 1. The normalized spacial score (nSPS) is 14.9. The first-order valence-electron chi connectivity index (χ1n) is 4.87. The first-order chi connectivity index (χ1) is 7.17. The first-order valence-corrected chi connectivity index (χ1v) is 4.87. The van der Waals surface area contributed by atoms with Crippen LogP contribution in [0.15, 0.2) is 24.8 Å². The van der Waals surface area contributed by atoms with Crippen LogP contribution in [0.3, 0.4) is 0 Å². The minimum Gasteiger partial charge on any atom is -0.464 e. The van der Waals surface area contributed by atoms with Gasteiger partial charge in [-0.25, -0.2) is 4.79 Å². The molecular weight excluding hydrogens is 196 g/mol. The largest absolute Gasteiger partial charge is 0.464 e. The van der Waals surface area contributed by atoms with Crippen LogP contribution in [0.1, 0.15) is 13.8 Å². The van der Waals surface area contributed by atoms with E-state index in [9.17, 15) is 9.90 Å². The maximum absolute atomic E-state index is 11.4. The second-order valence-corrected chi connectivity index (χ2v) is 2.81. The van der Waals surface area contributed by atoms with E-state index in [-0.39, 0.29) is 13.2 Å². The second kappa shape index (κ2) is 8.20. The second-order valence-electron chi connectivity index (χ2n) is 2.81. The van der Waals surface area contributed by atoms with Gasteiger partial charge in [-0.15, -0.1) is 6.58 Å². The molecule has 0 unspecified atom stereocenters. The summed E-state index contributed by atoms with van der Waals surface area (Å²) in [5, 5.41) is 9.59. The van der Waals surface area contributed by atoms with Crippen LogP contribution < -0.4 is 0 Å². The molecule has 0 aromatic heterocycles. The van der Waals surface area contributed by atoms with Crippen LogP contribution in [0.25, 0.3) is 0 Å². The number of carbonyl (C=O) groups is 1. The average Bonchev–Trinajstić information content (AvgIpc) is 2.19. The molecule has 0 aromatic rings. The molecule has 0 rings (SSSR count). The van der Waals surface area contributed by atoms with Gasteiger partial charge in [0.2, 0.25) is 0 Å². The van der Waals surface area contributed by atoms with Gasteiger partial charge in [-0.2, -0.15) is 0 Å². The SMILES string of the molecule is C=CCO[C@@H](C(=O)OCC)[C@@H](O)C=CC. The summed E-state index contributed by atoms with van der Waals surface area (Å²) < 4.78 is 9.90. The minimum absolute atomic E-state index is 0.193. The van der Waals surface area contributed by atoms with Gasteiger partial charge in [0.25, 0.3) is 0 Å². The Morgan fingerprint density at radius 2 is 2.27 bits per heavy atom. The summed E-state index contributed by atoms with van der Waals surface area (Å²) in [6.45, 7) is 7.37. The van der Waals surface area contributed by atoms with Gasteiger partial charge in [-0.05, 0) is 13.8 Å². The molecule has 0 amide bonds. The summed E-state index contributed by atoms with van der Waals surface area (Å²) in [5.41, 5.74) is 0. The quantitative estimate of drug-likeness (QED) is 0.508. The fourth-order valence-electron chi connectivity index (χ4n) is 1.00. The molecule has 0 fully saturated rings. The highest BCUT2D eigenvalue weighted by atomic mass is 16.6. The Labute approximate surface area is 90.2 Å². The third-order valence-corrected chi connectivity index (χ3v) is 1.61. The molecule has 4 nitrogen and oxygen atoms in total. The molecule has 0 saturated carbocycles. The van der Waals surface area contributed by atoms with Crippen molar-refractivity contribution in [3.8, 4) is 0 Å². The minimum atomic E-state index is -0.992. The van der Waals surface area contributed by atoms with Crippen molar-refractivity contribution in [3.05, 3.63) is 24.8 Å². The molecule has 0 saturated heterocycles. The summed E-state index contributed by atoms with van der Waals surface area (Å²) in [4.78, 5) is 11.4. The Morgan fingerprint density at radius 1 is 1.60 bits per heavy atom. The van der Waals surface area contributed by atoms with Crippen molar-refractivity contribution in [1.29, 1.82) is 0 Å². The van der Waals surface area contributed by atoms with Crippen LogP contribution >= 0.6 is 0 Å². The topological polar surface area (TPSA) is 55.8 Å². The van der Waals surface area contributed by atoms with Crippen LogP contribution in [-0.2, 0) is 14.3 Å². The molecule has 0 spiro atoms. The Hall–Kier alpha value is -1.13. The molecule has 2 atom stereocenters. The van der Waals surface area contributed by atoms with E-state index in [1.54, 1.807) is 19.9 Å². The molecule has 4 heteroatoms. The number of rotatable bonds is 7. The standard InChI is InChI=1S/C11H18O4/c1-4-7-9(12)10(15-8-5-2)11(13)14-6-3/h4-5,7,9-10,12H,2,6,8H2,1,3H3/t9-,10+/m0/s1. The molecule has 0 aromatic carbocycles. The van der Waals surface area contributed by atoms with Crippen molar-refractivity contribution in [2.45, 2.75) is 26.1 Å². The molecule has 0 aliphatic rings. The lowest BCUT2D eigenvalue weighted by molar-refractivity contribution is -0.161. The summed E-state index contributed by atoms with van der Waals surface area (Å²) in [5.74, 6) is -0.565. The summed E-state index contributed by atoms with van der Waals surface area (Å²) in [6, 6.07) is 0. The van der Waals surface area contributed by atoms with Crippen LogP contribution in [0.2, 0.25) is 0 Å². The van der Waals surface area contributed by atoms with Crippen LogP contribution in [0, 0.1) is 0 Å². The summed E-state index contributed by atoms with van der Waals surface area (Å²) in [6.07, 6.45) is 2.65. The van der Waals surface area contributed by atoms with Gasteiger partial charge in [-0.1, -0.05) is 18.2 Å². The van der Waals surface area contributed by atoms with Crippen molar-refractivity contribution in [1.82, 2.24) is 0 Å². The van der Waals surface area contributed by atoms with E-state index < -0.39 is 18.2 Å². The molecular formula is C11H18O4. The van der Waals surface area contributed by atoms with E-state index in [0.717, 1.165) is 0 Å². The number of allylic oxidation sites excluding steroid dienone is 1. The highest BCUT2D eigenvalue weighted by Crippen LogP contribution is 2.04. The van der Waals surface area contributed by atoms with E-state index in [1.807, 2.05) is 0 Å². The molecule has 0 aliphatic carbocycles. The zero-order chi connectivity index (χ0) is 11.7. The van der Waals surface area contributed by atoms with E-state index in [4.69, 9.17) is 9.47 Å². The monoisotopic (exact) mass is 214 g/mol. The number of aliphatic hydroxyl groups excluding tert-OH is 1. The maximum Gasteiger partial charge on any atom is 0.338 e. The Bertz CT molecular complexity index is 223. The third kappa shape index (κ3) is 5.34. The molecule has 0 radical (unpaired) electrons. The van der Waals surface area contributed by atoms with Gasteiger partial charge in [0.1, 0.15) is 6.10 Å². The van der Waals surface area contributed by atoms with Crippen LogP contribution in [0.4, 0.5) is 0 Å². The van der Waals surface area contributed by atoms with E-state index >= 15 is 0 Å². The van der Waals surface area contributed by atoms with E-state index in [2.05, 4.69) is 6.58 Å². The van der Waals surface area contributed by atoms with Crippen molar-refractivity contribution < 1.29 is 19.4 Å². The van der Waals surface area contributed by atoms with Gasteiger partial charge in [-0.3, -0.25) is 0 Å². The lowest BCUT2D eigenvalue weighted by atomic mass is 10.2. The van der Waals surface area contributed by atoms with Crippen molar-refractivity contribution in [2.24, 2.45) is 0 Å². The third-order valence-electron chi connectivity index (χ3n) is 1.61. The van der Waals surface area contributed by atoms with Crippen molar-refractivity contribution >= 4 is 5.97 Å². The highest BCUT2D eigenvalue weighted by molar-refractivity contribution is 5.75. The number of carbonyl (C=O) groups excluding carboxylic acids is 1. The predicted molar refractivity (Wildman–Crippen MR) is 57.4 cm³/mol. The fraction of sp³-hybridized carbons (Fsp3) is 0.545. The molecule has 0 aliphatic heterocycles. The van der Waals surface area contributed by atoms with E-state index in [1.165, 1.54) is 12.2 Å². The van der Waals surface area contributed by atoms with E-state index in [0.29, 0.717) is 0 Å². The zero-order valence-electron chi connectivity index (χ0n) is 9.18. The fourth-order valence-corrected chi connectivity index (χ4v) is 1.00. The summed E-state index contributed by atoms with van der Waals surface area (Å²) in [7, 11) is 0. The first kappa shape index (κ1) is 13.9. The Balaban J connectivity index is 4.40. The molecule has 15 heavy (non-hydrogen) atoms. The van der Waals surface area contributed by atoms with Gasteiger partial charge in [0, 0.05) is 0 Å². The Kier molecular flexibility index (Phi) is 7.58. The lowest BCUT2D eigenvalue weighted by Crippen LogP contribution is -2.37. The van der Waals surface area contributed by atoms with Crippen molar-refractivity contribution in [3.63, 3.8) is 0 Å². The van der Waals surface area contributed by atoms with Gasteiger partial charge >= 0.3 is 5.97 Å². The van der Waals surface area contributed by atoms with Gasteiger partial charge in [0.05, 0.1) is 13.2 Å². The zero-order valence-corrected chi connectivity index (χ0v) is 9.18. The average molecular weight is 214 g/mol. The number of hydrogen-bond acceptors (Lipinski definition) is 4. The lowest BCUT2D eigenvalue weighted by Gasteiger charge is -2.18. The smallest absolute Gasteiger partial charge is 0.338 e. The number of esters is 1.